The summed E-state index contributed by atoms with van der Waals surface area (Å²) in [5.74, 6) is 0.686. The van der Waals surface area contributed by atoms with Crippen molar-refractivity contribution in [3.05, 3.63) is 0 Å². The molecule has 0 aromatic heterocycles. The van der Waals surface area contributed by atoms with Gasteiger partial charge in [0.1, 0.15) is 0 Å². The molecule has 0 aliphatic carbocycles. The molecule has 0 saturated carbocycles. The molecule has 0 radical (unpaired) electrons. The van der Waals surface area contributed by atoms with Crippen molar-refractivity contribution in [3.8, 4) is 0 Å². The molecule has 0 aliphatic heterocycles. The van der Waals surface area contributed by atoms with Crippen molar-refractivity contribution in [3.63, 3.8) is 0 Å². The van der Waals surface area contributed by atoms with Gasteiger partial charge in [-0.25, -0.2) is 0 Å². The van der Waals surface area contributed by atoms with E-state index in [0.29, 0.717) is 17.4 Å². The number of methoxy groups -OCH3 is 1. The molecule has 0 aromatic rings. The van der Waals surface area contributed by atoms with E-state index in [1.165, 1.54) is 12.8 Å². The fourth-order valence-corrected chi connectivity index (χ4v) is 1.97. The van der Waals surface area contributed by atoms with Gasteiger partial charge in [-0.3, -0.25) is 0 Å². The zero-order chi connectivity index (χ0) is 12.6. The summed E-state index contributed by atoms with van der Waals surface area (Å²) in [5, 5.41) is 3.68. The van der Waals surface area contributed by atoms with Crippen LogP contribution in [0.25, 0.3) is 0 Å². The van der Waals surface area contributed by atoms with Crippen LogP contribution in [0.2, 0.25) is 0 Å². The van der Waals surface area contributed by atoms with E-state index in [1.807, 2.05) is 0 Å². The molecule has 2 heteroatoms. The number of nitrogens with one attached hydrogen (secondary N) is 1. The maximum absolute atomic E-state index is 5.17. The van der Waals surface area contributed by atoms with Gasteiger partial charge in [0, 0.05) is 19.8 Å². The van der Waals surface area contributed by atoms with Crippen molar-refractivity contribution in [1.82, 2.24) is 5.32 Å². The lowest BCUT2D eigenvalue weighted by Crippen LogP contribution is -2.39. The molecule has 0 heterocycles. The minimum Gasteiger partial charge on any atom is -0.385 e. The SMILES string of the molecule is CCCNC(CC(C)(C)C)C(C)CCOC. The van der Waals surface area contributed by atoms with Crippen molar-refractivity contribution in [2.75, 3.05) is 20.3 Å². The zero-order valence-corrected chi connectivity index (χ0v) is 12.1. The van der Waals surface area contributed by atoms with Crippen LogP contribution in [-0.2, 0) is 4.74 Å². The Morgan fingerprint density at radius 1 is 1.25 bits per heavy atom. The van der Waals surface area contributed by atoms with E-state index < -0.39 is 0 Å². The Kier molecular flexibility index (Phi) is 8.04. The molecule has 16 heavy (non-hydrogen) atoms. The molecular weight excluding hydrogens is 198 g/mol. The van der Waals surface area contributed by atoms with Crippen LogP contribution in [-0.4, -0.2) is 26.3 Å². The molecular formula is C14H31NO. The molecule has 0 rings (SSSR count). The van der Waals surface area contributed by atoms with Gasteiger partial charge in [0.25, 0.3) is 0 Å². The largest absolute Gasteiger partial charge is 0.385 e. The summed E-state index contributed by atoms with van der Waals surface area (Å²) in [6, 6.07) is 0.620. The van der Waals surface area contributed by atoms with Crippen molar-refractivity contribution >= 4 is 0 Å². The Morgan fingerprint density at radius 2 is 1.88 bits per heavy atom. The smallest absolute Gasteiger partial charge is 0.0465 e. The third-order valence-corrected chi connectivity index (χ3v) is 2.95. The number of ether oxygens (including phenoxy) is 1. The summed E-state index contributed by atoms with van der Waals surface area (Å²) in [4.78, 5) is 0. The molecule has 98 valence electrons. The highest BCUT2D eigenvalue weighted by Crippen LogP contribution is 2.25. The van der Waals surface area contributed by atoms with Crippen molar-refractivity contribution < 1.29 is 4.74 Å². The van der Waals surface area contributed by atoms with Crippen LogP contribution in [0.5, 0.6) is 0 Å². The second-order valence-corrected chi connectivity index (χ2v) is 6.08. The summed E-state index contributed by atoms with van der Waals surface area (Å²) in [7, 11) is 1.78. The first-order valence-electron chi connectivity index (χ1n) is 6.63. The van der Waals surface area contributed by atoms with E-state index in [4.69, 9.17) is 4.74 Å². The molecule has 0 aromatic carbocycles. The van der Waals surface area contributed by atoms with E-state index in [0.717, 1.165) is 19.6 Å². The third-order valence-electron chi connectivity index (χ3n) is 2.95. The summed E-state index contributed by atoms with van der Waals surface area (Å²) in [6.45, 7) is 13.5. The zero-order valence-electron chi connectivity index (χ0n) is 12.1. The van der Waals surface area contributed by atoms with Crippen molar-refractivity contribution in [1.29, 1.82) is 0 Å². The first-order valence-corrected chi connectivity index (χ1v) is 6.63. The van der Waals surface area contributed by atoms with Gasteiger partial charge in [-0.05, 0) is 37.1 Å². The second-order valence-electron chi connectivity index (χ2n) is 6.08. The average Bonchev–Trinajstić information content (AvgIpc) is 2.19. The number of hydrogen-bond donors (Lipinski definition) is 1. The molecule has 0 amide bonds. The standard InChI is InChI=1S/C14H31NO/c1-7-9-15-13(11-14(3,4)5)12(2)8-10-16-6/h12-13,15H,7-11H2,1-6H3. The fourth-order valence-electron chi connectivity index (χ4n) is 1.97. The summed E-state index contributed by atoms with van der Waals surface area (Å²) < 4.78 is 5.17. The van der Waals surface area contributed by atoms with Crippen LogP contribution >= 0.6 is 0 Å². The Morgan fingerprint density at radius 3 is 2.31 bits per heavy atom. The maximum Gasteiger partial charge on any atom is 0.0465 e. The highest BCUT2D eigenvalue weighted by atomic mass is 16.5. The van der Waals surface area contributed by atoms with Crippen LogP contribution in [0, 0.1) is 11.3 Å². The Bertz CT molecular complexity index is 163. The van der Waals surface area contributed by atoms with Crippen LogP contribution in [0.4, 0.5) is 0 Å². The predicted octanol–water partition coefficient (Wildman–Crippen LogP) is 3.46. The third kappa shape index (κ3) is 8.12. The fraction of sp³-hybridized carbons (Fsp3) is 1.00. The van der Waals surface area contributed by atoms with E-state index in [2.05, 4.69) is 39.9 Å². The van der Waals surface area contributed by atoms with Crippen molar-refractivity contribution in [2.24, 2.45) is 11.3 Å². The molecule has 2 nitrogen and oxygen atoms in total. The van der Waals surface area contributed by atoms with Gasteiger partial charge in [0.15, 0.2) is 0 Å². The Hall–Kier alpha value is -0.0800. The van der Waals surface area contributed by atoms with Crippen molar-refractivity contribution in [2.45, 2.75) is 59.9 Å². The molecule has 2 unspecified atom stereocenters. The monoisotopic (exact) mass is 229 g/mol. The van der Waals surface area contributed by atoms with Gasteiger partial charge >= 0.3 is 0 Å². The minimum atomic E-state index is 0.396. The van der Waals surface area contributed by atoms with Gasteiger partial charge in [-0.2, -0.15) is 0 Å². The van der Waals surface area contributed by atoms with Gasteiger partial charge < -0.3 is 10.1 Å². The first kappa shape index (κ1) is 15.9. The minimum absolute atomic E-state index is 0.396. The number of hydrogen-bond acceptors (Lipinski definition) is 2. The summed E-state index contributed by atoms with van der Waals surface area (Å²) >= 11 is 0. The summed E-state index contributed by atoms with van der Waals surface area (Å²) in [5.41, 5.74) is 0.396. The molecule has 0 bridgehead atoms. The summed E-state index contributed by atoms with van der Waals surface area (Å²) in [6.07, 6.45) is 3.59. The highest BCUT2D eigenvalue weighted by molar-refractivity contribution is 4.79. The molecule has 2 atom stereocenters. The second kappa shape index (κ2) is 8.08. The lowest BCUT2D eigenvalue weighted by molar-refractivity contribution is 0.159. The Labute approximate surface area is 102 Å². The predicted molar refractivity (Wildman–Crippen MR) is 71.8 cm³/mol. The lowest BCUT2D eigenvalue weighted by Gasteiger charge is -2.31. The first-order chi connectivity index (χ1) is 7.40. The van der Waals surface area contributed by atoms with Gasteiger partial charge in [0.05, 0.1) is 0 Å². The maximum atomic E-state index is 5.17. The molecule has 1 N–H and O–H groups in total. The molecule has 0 aliphatic rings. The van der Waals surface area contributed by atoms with E-state index in [9.17, 15) is 0 Å². The average molecular weight is 229 g/mol. The molecule has 0 fully saturated rings. The van der Waals surface area contributed by atoms with Gasteiger partial charge in [-0.15, -0.1) is 0 Å². The topological polar surface area (TPSA) is 21.3 Å². The van der Waals surface area contributed by atoms with Gasteiger partial charge in [-0.1, -0.05) is 34.6 Å². The van der Waals surface area contributed by atoms with E-state index in [-0.39, 0.29) is 0 Å². The van der Waals surface area contributed by atoms with Crippen LogP contribution < -0.4 is 5.32 Å². The highest BCUT2D eigenvalue weighted by Gasteiger charge is 2.22. The molecule has 0 spiro atoms. The van der Waals surface area contributed by atoms with Crippen LogP contribution in [0.1, 0.15) is 53.9 Å². The lowest BCUT2D eigenvalue weighted by atomic mass is 9.82. The van der Waals surface area contributed by atoms with E-state index >= 15 is 0 Å². The van der Waals surface area contributed by atoms with Gasteiger partial charge in [0.2, 0.25) is 0 Å². The normalized spacial score (nSPS) is 16.1. The van der Waals surface area contributed by atoms with Crippen LogP contribution in [0.3, 0.4) is 0 Å². The van der Waals surface area contributed by atoms with E-state index in [1.54, 1.807) is 7.11 Å². The number of rotatable bonds is 8. The Balaban J connectivity index is 4.17. The van der Waals surface area contributed by atoms with Crippen LogP contribution in [0.15, 0.2) is 0 Å². The molecule has 0 saturated heterocycles. The quantitative estimate of drug-likeness (QED) is 0.688.